The summed E-state index contributed by atoms with van der Waals surface area (Å²) >= 11 is 0. The van der Waals surface area contributed by atoms with E-state index in [0.717, 1.165) is 5.92 Å². The predicted octanol–water partition coefficient (Wildman–Crippen LogP) is 2.02. The van der Waals surface area contributed by atoms with E-state index in [2.05, 4.69) is 40.6 Å². The molecule has 1 fully saturated rings. The van der Waals surface area contributed by atoms with E-state index < -0.39 is 0 Å². The molecule has 0 aliphatic heterocycles. The van der Waals surface area contributed by atoms with Crippen LogP contribution in [0, 0.1) is 18.3 Å². The van der Waals surface area contributed by atoms with Crippen LogP contribution in [-0.2, 0) is 0 Å². The number of anilines is 2. The number of aryl methyl sites for hydroxylation is 1. The second kappa shape index (κ2) is 4.37. The van der Waals surface area contributed by atoms with Gasteiger partial charge in [0.05, 0.1) is 0 Å². The van der Waals surface area contributed by atoms with Crippen LogP contribution in [0.2, 0.25) is 0 Å². The summed E-state index contributed by atoms with van der Waals surface area (Å²) in [6, 6.07) is 0.524. The van der Waals surface area contributed by atoms with Crippen molar-refractivity contribution in [2.75, 3.05) is 17.7 Å². The zero-order valence-corrected chi connectivity index (χ0v) is 11.9. The highest BCUT2D eigenvalue weighted by molar-refractivity contribution is 5.35. The van der Waals surface area contributed by atoms with Crippen LogP contribution in [-0.4, -0.2) is 28.0 Å². The summed E-state index contributed by atoms with van der Waals surface area (Å²) in [5.74, 6) is 2.45. The van der Waals surface area contributed by atoms with Crippen LogP contribution >= 0.6 is 0 Å². The lowest BCUT2D eigenvalue weighted by atomic mass is 9.65. The molecule has 0 spiro atoms. The van der Waals surface area contributed by atoms with Gasteiger partial charge in [-0.2, -0.15) is 15.0 Å². The summed E-state index contributed by atoms with van der Waals surface area (Å²) in [5.41, 5.74) is 6.06. The molecule has 0 saturated heterocycles. The van der Waals surface area contributed by atoms with Crippen molar-refractivity contribution in [3.05, 3.63) is 5.82 Å². The number of hydrogen-bond donors (Lipinski definition) is 1. The fourth-order valence-corrected chi connectivity index (χ4v) is 2.42. The van der Waals surface area contributed by atoms with Gasteiger partial charge in [0.1, 0.15) is 5.82 Å². The normalized spacial score (nSPS) is 23.6. The van der Waals surface area contributed by atoms with E-state index in [1.807, 2.05) is 14.0 Å². The SMILES string of the molecule is Cc1nc(N)nc(N(C)C2CC(C(C)(C)C)C2)n1. The minimum absolute atomic E-state index is 0.302. The maximum Gasteiger partial charge on any atom is 0.230 e. The highest BCUT2D eigenvalue weighted by Gasteiger charge is 2.39. The topological polar surface area (TPSA) is 67.9 Å². The van der Waals surface area contributed by atoms with Crippen molar-refractivity contribution in [1.29, 1.82) is 0 Å². The minimum Gasteiger partial charge on any atom is -0.368 e. The summed E-state index contributed by atoms with van der Waals surface area (Å²) in [5, 5.41) is 0. The molecule has 5 nitrogen and oxygen atoms in total. The summed E-state index contributed by atoms with van der Waals surface area (Å²) in [7, 11) is 2.04. The summed E-state index contributed by atoms with van der Waals surface area (Å²) < 4.78 is 0. The third-order valence-electron chi connectivity index (χ3n) is 3.95. The van der Waals surface area contributed by atoms with Crippen LogP contribution in [0.5, 0.6) is 0 Å². The molecule has 1 saturated carbocycles. The summed E-state index contributed by atoms with van der Waals surface area (Å²) in [6.45, 7) is 8.75. The fourth-order valence-electron chi connectivity index (χ4n) is 2.42. The molecule has 2 rings (SSSR count). The molecule has 0 bridgehead atoms. The van der Waals surface area contributed by atoms with Crippen molar-refractivity contribution in [3.8, 4) is 0 Å². The van der Waals surface area contributed by atoms with Crippen LogP contribution in [0.1, 0.15) is 39.4 Å². The van der Waals surface area contributed by atoms with Crippen LogP contribution in [0.4, 0.5) is 11.9 Å². The highest BCUT2D eigenvalue weighted by atomic mass is 15.3. The van der Waals surface area contributed by atoms with Gasteiger partial charge < -0.3 is 10.6 Å². The lowest BCUT2D eigenvalue weighted by Gasteiger charge is -2.47. The van der Waals surface area contributed by atoms with E-state index in [0.29, 0.717) is 29.2 Å². The molecular weight excluding hydrogens is 226 g/mol. The first-order valence-corrected chi connectivity index (χ1v) is 6.48. The molecule has 1 aromatic heterocycles. The van der Waals surface area contributed by atoms with Crippen LogP contribution in [0.15, 0.2) is 0 Å². The van der Waals surface area contributed by atoms with E-state index in [-0.39, 0.29) is 0 Å². The molecule has 18 heavy (non-hydrogen) atoms. The third kappa shape index (κ3) is 2.54. The van der Waals surface area contributed by atoms with E-state index >= 15 is 0 Å². The largest absolute Gasteiger partial charge is 0.368 e. The monoisotopic (exact) mass is 249 g/mol. The van der Waals surface area contributed by atoms with Gasteiger partial charge in [0, 0.05) is 13.1 Å². The van der Waals surface area contributed by atoms with Gasteiger partial charge in [-0.3, -0.25) is 0 Å². The molecule has 1 aliphatic rings. The Morgan fingerprint density at radius 3 is 2.28 bits per heavy atom. The number of hydrogen-bond acceptors (Lipinski definition) is 5. The van der Waals surface area contributed by atoms with E-state index in [1.54, 1.807) is 0 Å². The molecular formula is C13H23N5. The number of rotatable bonds is 2. The Labute approximate surface area is 109 Å². The van der Waals surface area contributed by atoms with E-state index in [9.17, 15) is 0 Å². The van der Waals surface area contributed by atoms with Gasteiger partial charge in [0.15, 0.2) is 0 Å². The van der Waals surface area contributed by atoms with Gasteiger partial charge in [-0.25, -0.2) is 0 Å². The average molecular weight is 249 g/mol. The van der Waals surface area contributed by atoms with Crippen molar-refractivity contribution in [3.63, 3.8) is 0 Å². The van der Waals surface area contributed by atoms with Gasteiger partial charge in [0.2, 0.25) is 11.9 Å². The first kappa shape index (κ1) is 13.1. The Morgan fingerprint density at radius 1 is 1.17 bits per heavy atom. The van der Waals surface area contributed by atoms with Crippen molar-refractivity contribution in [2.45, 2.75) is 46.6 Å². The number of aromatic nitrogens is 3. The van der Waals surface area contributed by atoms with Gasteiger partial charge in [-0.05, 0) is 31.1 Å². The summed E-state index contributed by atoms with van der Waals surface area (Å²) in [6.07, 6.45) is 2.40. The van der Waals surface area contributed by atoms with Crippen LogP contribution in [0.3, 0.4) is 0 Å². The van der Waals surface area contributed by atoms with E-state index in [1.165, 1.54) is 12.8 Å². The molecule has 5 heteroatoms. The first-order chi connectivity index (χ1) is 8.27. The Morgan fingerprint density at radius 2 is 1.78 bits per heavy atom. The predicted molar refractivity (Wildman–Crippen MR) is 73.3 cm³/mol. The molecule has 0 aromatic carbocycles. The van der Waals surface area contributed by atoms with Gasteiger partial charge in [0.25, 0.3) is 0 Å². The molecule has 0 atom stereocenters. The molecule has 0 radical (unpaired) electrons. The molecule has 100 valence electrons. The molecule has 2 N–H and O–H groups in total. The molecule has 1 aromatic rings. The Balaban J connectivity index is 2.03. The Kier molecular flexibility index (Phi) is 3.17. The molecule has 0 unspecified atom stereocenters. The minimum atomic E-state index is 0.302. The van der Waals surface area contributed by atoms with Crippen molar-refractivity contribution in [1.82, 2.24) is 15.0 Å². The molecule has 1 aliphatic carbocycles. The summed E-state index contributed by atoms with van der Waals surface area (Å²) in [4.78, 5) is 14.7. The average Bonchev–Trinajstić information content (AvgIpc) is 2.10. The highest BCUT2D eigenvalue weighted by Crippen LogP contribution is 2.43. The third-order valence-corrected chi connectivity index (χ3v) is 3.95. The Hall–Kier alpha value is -1.39. The second-order valence-corrected chi connectivity index (χ2v) is 6.34. The second-order valence-electron chi connectivity index (χ2n) is 6.34. The zero-order valence-electron chi connectivity index (χ0n) is 11.9. The van der Waals surface area contributed by atoms with Gasteiger partial charge in [-0.15, -0.1) is 0 Å². The van der Waals surface area contributed by atoms with Gasteiger partial charge >= 0.3 is 0 Å². The van der Waals surface area contributed by atoms with Crippen LogP contribution in [0.25, 0.3) is 0 Å². The number of nitrogen functional groups attached to an aromatic ring is 1. The fraction of sp³-hybridized carbons (Fsp3) is 0.769. The standard InChI is InChI=1S/C13H23N5/c1-8-15-11(14)17-12(16-8)18(5)10-6-9(7-10)13(2,3)4/h9-10H,6-7H2,1-5H3,(H2,14,15,16,17). The maximum atomic E-state index is 5.66. The number of nitrogens with zero attached hydrogens (tertiary/aromatic N) is 4. The van der Waals surface area contributed by atoms with Crippen molar-refractivity contribution >= 4 is 11.9 Å². The lowest BCUT2D eigenvalue weighted by Crippen LogP contribution is -2.47. The quantitative estimate of drug-likeness (QED) is 0.868. The van der Waals surface area contributed by atoms with E-state index in [4.69, 9.17) is 5.73 Å². The first-order valence-electron chi connectivity index (χ1n) is 6.48. The van der Waals surface area contributed by atoms with Crippen LogP contribution < -0.4 is 10.6 Å². The Bertz CT molecular complexity index is 411. The maximum absolute atomic E-state index is 5.66. The number of nitrogens with two attached hydrogens (primary N) is 1. The molecule has 0 amide bonds. The van der Waals surface area contributed by atoms with Crippen molar-refractivity contribution in [2.24, 2.45) is 11.3 Å². The smallest absolute Gasteiger partial charge is 0.230 e. The zero-order chi connectivity index (χ0) is 13.5. The van der Waals surface area contributed by atoms with Gasteiger partial charge in [-0.1, -0.05) is 20.8 Å². The van der Waals surface area contributed by atoms with Crippen molar-refractivity contribution < 1.29 is 0 Å². The molecule has 1 heterocycles. The lowest BCUT2D eigenvalue weighted by molar-refractivity contribution is 0.114.